The lowest BCUT2D eigenvalue weighted by molar-refractivity contribution is -0.128. The molecular weight excluding hydrogens is 286 g/mol. The molecule has 122 valence electrons. The lowest BCUT2D eigenvalue weighted by Gasteiger charge is -2.21. The van der Waals surface area contributed by atoms with E-state index in [1.165, 1.54) is 5.56 Å². The van der Waals surface area contributed by atoms with Gasteiger partial charge in [0.1, 0.15) is 5.75 Å². The first-order chi connectivity index (χ1) is 11.0. The van der Waals surface area contributed by atoms with Crippen molar-refractivity contribution < 1.29 is 9.53 Å². The van der Waals surface area contributed by atoms with Gasteiger partial charge in [0.25, 0.3) is 5.91 Å². The average molecular weight is 311 g/mol. The predicted molar refractivity (Wildman–Crippen MR) is 93.6 cm³/mol. The molecule has 0 aliphatic carbocycles. The molecule has 2 aromatic rings. The van der Waals surface area contributed by atoms with Crippen LogP contribution in [0.5, 0.6) is 5.75 Å². The van der Waals surface area contributed by atoms with Crippen LogP contribution in [0.1, 0.15) is 43.0 Å². The third-order valence-electron chi connectivity index (χ3n) is 3.92. The zero-order chi connectivity index (χ0) is 16.8. The number of hydrogen-bond donors (Lipinski definition) is 1. The van der Waals surface area contributed by atoms with Crippen molar-refractivity contribution >= 4 is 5.91 Å². The standard InChI is InChI=1S/C20H25NO2/c1-5-18(23-19-12-11-14(2)13-15(19)3)20(22)21-16(4)17-9-7-6-8-10-17/h6-13,16,18H,5H2,1-4H3,(H,21,22)/t16-,18-/m0/s1. The molecule has 2 rings (SSSR count). The molecule has 1 amide bonds. The van der Waals surface area contributed by atoms with Crippen LogP contribution in [0.4, 0.5) is 0 Å². The van der Waals surface area contributed by atoms with Gasteiger partial charge in [0.05, 0.1) is 6.04 Å². The Kier molecular flexibility index (Phi) is 5.80. The summed E-state index contributed by atoms with van der Waals surface area (Å²) < 4.78 is 5.94. The van der Waals surface area contributed by atoms with Crippen LogP contribution in [0.3, 0.4) is 0 Å². The number of carbonyl (C=O) groups excluding carboxylic acids is 1. The fourth-order valence-electron chi connectivity index (χ4n) is 2.54. The van der Waals surface area contributed by atoms with Gasteiger partial charge in [-0.05, 0) is 44.4 Å². The van der Waals surface area contributed by atoms with E-state index in [4.69, 9.17) is 4.74 Å². The van der Waals surface area contributed by atoms with Crippen LogP contribution < -0.4 is 10.1 Å². The summed E-state index contributed by atoms with van der Waals surface area (Å²) in [6.45, 7) is 7.99. The molecule has 0 aliphatic rings. The van der Waals surface area contributed by atoms with Crippen LogP contribution in [-0.4, -0.2) is 12.0 Å². The second kappa shape index (κ2) is 7.82. The quantitative estimate of drug-likeness (QED) is 0.862. The maximum atomic E-state index is 12.5. The van der Waals surface area contributed by atoms with Crippen molar-refractivity contribution in [2.24, 2.45) is 0 Å². The zero-order valence-corrected chi connectivity index (χ0v) is 14.3. The second-order valence-corrected chi connectivity index (χ2v) is 5.92. The molecule has 2 aromatic carbocycles. The van der Waals surface area contributed by atoms with Crippen molar-refractivity contribution in [3.05, 3.63) is 65.2 Å². The molecule has 23 heavy (non-hydrogen) atoms. The summed E-state index contributed by atoms with van der Waals surface area (Å²) in [5, 5.41) is 3.03. The smallest absolute Gasteiger partial charge is 0.261 e. The van der Waals surface area contributed by atoms with Crippen LogP contribution in [-0.2, 0) is 4.79 Å². The minimum Gasteiger partial charge on any atom is -0.480 e. The van der Waals surface area contributed by atoms with Crippen molar-refractivity contribution in [3.63, 3.8) is 0 Å². The van der Waals surface area contributed by atoms with Crippen LogP contribution >= 0.6 is 0 Å². The highest BCUT2D eigenvalue weighted by Crippen LogP contribution is 2.21. The number of nitrogens with one attached hydrogen (secondary N) is 1. The summed E-state index contributed by atoms with van der Waals surface area (Å²) in [7, 11) is 0. The van der Waals surface area contributed by atoms with E-state index in [9.17, 15) is 4.79 Å². The van der Waals surface area contributed by atoms with Gasteiger partial charge in [-0.25, -0.2) is 0 Å². The number of carbonyl (C=O) groups is 1. The number of aryl methyl sites for hydroxylation is 2. The normalized spacial score (nSPS) is 13.2. The number of ether oxygens (including phenoxy) is 1. The Balaban J connectivity index is 2.03. The molecule has 0 spiro atoms. The Morgan fingerprint density at radius 1 is 1.13 bits per heavy atom. The van der Waals surface area contributed by atoms with Crippen LogP contribution in [0.2, 0.25) is 0 Å². The van der Waals surface area contributed by atoms with Crippen molar-refractivity contribution in [1.29, 1.82) is 0 Å². The van der Waals surface area contributed by atoms with Crippen molar-refractivity contribution in [3.8, 4) is 5.75 Å². The lowest BCUT2D eigenvalue weighted by atomic mass is 10.1. The number of rotatable bonds is 6. The fourth-order valence-corrected chi connectivity index (χ4v) is 2.54. The molecule has 0 heterocycles. The number of hydrogen-bond acceptors (Lipinski definition) is 2. The van der Waals surface area contributed by atoms with Gasteiger partial charge in [-0.2, -0.15) is 0 Å². The summed E-state index contributed by atoms with van der Waals surface area (Å²) in [6, 6.07) is 15.9. The highest BCUT2D eigenvalue weighted by Gasteiger charge is 2.21. The Morgan fingerprint density at radius 3 is 2.43 bits per heavy atom. The molecular formula is C20H25NO2. The van der Waals surface area contributed by atoms with Gasteiger partial charge in [0, 0.05) is 0 Å². The monoisotopic (exact) mass is 311 g/mol. The number of amides is 1. The van der Waals surface area contributed by atoms with Crippen molar-refractivity contribution in [1.82, 2.24) is 5.32 Å². The summed E-state index contributed by atoms with van der Waals surface area (Å²) in [5.41, 5.74) is 3.32. The Hall–Kier alpha value is -2.29. The van der Waals surface area contributed by atoms with E-state index in [1.54, 1.807) is 0 Å². The van der Waals surface area contributed by atoms with Crippen LogP contribution in [0.25, 0.3) is 0 Å². The first-order valence-corrected chi connectivity index (χ1v) is 8.10. The molecule has 0 aliphatic heterocycles. The molecule has 3 heteroatoms. The maximum absolute atomic E-state index is 12.5. The van der Waals surface area contributed by atoms with E-state index in [2.05, 4.69) is 11.4 Å². The zero-order valence-electron chi connectivity index (χ0n) is 14.3. The topological polar surface area (TPSA) is 38.3 Å². The van der Waals surface area contributed by atoms with E-state index in [-0.39, 0.29) is 11.9 Å². The predicted octanol–water partition coefficient (Wildman–Crippen LogP) is 4.34. The SMILES string of the molecule is CC[C@H](Oc1ccc(C)cc1C)C(=O)N[C@@H](C)c1ccccc1. The third kappa shape index (κ3) is 4.59. The molecule has 0 fully saturated rings. The van der Waals surface area contributed by atoms with Gasteiger partial charge >= 0.3 is 0 Å². The molecule has 0 radical (unpaired) electrons. The van der Waals surface area contributed by atoms with E-state index < -0.39 is 6.10 Å². The van der Waals surface area contributed by atoms with E-state index >= 15 is 0 Å². The lowest BCUT2D eigenvalue weighted by Crippen LogP contribution is -2.39. The molecule has 3 nitrogen and oxygen atoms in total. The first-order valence-electron chi connectivity index (χ1n) is 8.10. The first kappa shape index (κ1) is 17.1. The average Bonchev–Trinajstić information content (AvgIpc) is 2.54. The van der Waals surface area contributed by atoms with E-state index in [0.29, 0.717) is 6.42 Å². The largest absolute Gasteiger partial charge is 0.480 e. The molecule has 0 bridgehead atoms. The molecule has 0 unspecified atom stereocenters. The van der Waals surface area contributed by atoms with Gasteiger partial charge in [-0.3, -0.25) is 4.79 Å². The molecule has 0 saturated carbocycles. The highest BCUT2D eigenvalue weighted by atomic mass is 16.5. The van der Waals surface area contributed by atoms with Gasteiger partial charge in [-0.1, -0.05) is 55.0 Å². The Morgan fingerprint density at radius 2 is 1.83 bits per heavy atom. The van der Waals surface area contributed by atoms with Gasteiger partial charge in [0.15, 0.2) is 6.10 Å². The van der Waals surface area contributed by atoms with Gasteiger partial charge in [0.2, 0.25) is 0 Å². The van der Waals surface area contributed by atoms with Gasteiger partial charge in [-0.15, -0.1) is 0 Å². The molecule has 0 saturated heterocycles. The van der Waals surface area contributed by atoms with Gasteiger partial charge < -0.3 is 10.1 Å². The minimum absolute atomic E-state index is 0.0412. The maximum Gasteiger partial charge on any atom is 0.261 e. The molecule has 0 aromatic heterocycles. The van der Waals surface area contributed by atoms with Crippen molar-refractivity contribution in [2.45, 2.75) is 46.3 Å². The minimum atomic E-state index is -0.484. The second-order valence-electron chi connectivity index (χ2n) is 5.92. The van der Waals surface area contributed by atoms with E-state index in [0.717, 1.165) is 16.9 Å². The fraction of sp³-hybridized carbons (Fsp3) is 0.350. The molecule has 1 N–H and O–H groups in total. The third-order valence-corrected chi connectivity index (χ3v) is 3.92. The Labute approximate surface area is 138 Å². The van der Waals surface area contributed by atoms with Crippen LogP contribution in [0, 0.1) is 13.8 Å². The number of benzene rings is 2. The van der Waals surface area contributed by atoms with E-state index in [1.807, 2.05) is 70.2 Å². The summed E-state index contributed by atoms with van der Waals surface area (Å²) in [4.78, 5) is 12.5. The van der Waals surface area contributed by atoms with Crippen molar-refractivity contribution in [2.75, 3.05) is 0 Å². The van der Waals surface area contributed by atoms with Crippen LogP contribution in [0.15, 0.2) is 48.5 Å². The molecule has 2 atom stereocenters. The summed E-state index contributed by atoms with van der Waals surface area (Å²) in [5.74, 6) is 0.689. The summed E-state index contributed by atoms with van der Waals surface area (Å²) >= 11 is 0. The summed E-state index contributed by atoms with van der Waals surface area (Å²) in [6.07, 6.45) is 0.142. The highest BCUT2D eigenvalue weighted by molar-refractivity contribution is 5.81. The Bertz CT molecular complexity index is 652.